The van der Waals surface area contributed by atoms with Crippen LogP contribution in [0.5, 0.6) is 0 Å². The van der Waals surface area contributed by atoms with Gasteiger partial charge >= 0.3 is 10.2 Å². The van der Waals surface area contributed by atoms with Crippen molar-refractivity contribution in [3.63, 3.8) is 0 Å². The van der Waals surface area contributed by atoms with E-state index in [-0.39, 0.29) is 0 Å². The Morgan fingerprint density at radius 2 is 2.00 bits per heavy atom. The average molecular weight is 269 g/mol. The molecule has 0 radical (unpaired) electrons. The maximum atomic E-state index is 12.1. The molecule has 0 atom stereocenters. The molecule has 1 heterocycles. The van der Waals surface area contributed by atoms with Crippen molar-refractivity contribution in [2.24, 2.45) is 5.92 Å². The van der Waals surface area contributed by atoms with Crippen molar-refractivity contribution in [2.45, 2.75) is 19.8 Å². The van der Waals surface area contributed by atoms with Crippen LogP contribution in [-0.2, 0) is 10.2 Å². The Kier molecular flexibility index (Phi) is 3.77. The summed E-state index contributed by atoms with van der Waals surface area (Å²) in [4.78, 5) is 0. The van der Waals surface area contributed by atoms with E-state index in [1.54, 1.807) is 24.3 Å². The molecule has 3 N–H and O–H groups in total. The summed E-state index contributed by atoms with van der Waals surface area (Å²) in [7, 11) is -3.45. The molecule has 0 bridgehead atoms. The van der Waals surface area contributed by atoms with Gasteiger partial charge in [-0.05, 0) is 37.0 Å². The van der Waals surface area contributed by atoms with Crippen LogP contribution < -0.4 is 10.5 Å². The molecule has 1 aliphatic rings. The summed E-state index contributed by atoms with van der Waals surface area (Å²) >= 11 is 0. The average Bonchev–Trinajstić information content (AvgIpc) is 2.29. The third kappa shape index (κ3) is 3.14. The smallest absolute Gasteiger partial charge is 0.301 e. The van der Waals surface area contributed by atoms with Gasteiger partial charge in [-0.15, -0.1) is 0 Å². The van der Waals surface area contributed by atoms with E-state index in [0.717, 1.165) is 12.8 Å². The lowest BCUT2D eigenvalue weighted by Crippen LogP contribution is -2.41. The lowest BCUT2D eigenvalue weighted by molar-refractivity contribution is 0.289. The summed E-state index contributed by atoms with van der Waals surface area (Å²) in [5, 5.41) is 0. The Morgan fingerprint density at radius 1 is 1.33 bits per heavy atom. The molecule has 6 heteroatoms. The van der Waals surface area contributed by atoms with Gasteiger partial charge in [-0.3, -0.25) is 4.72 Å². The molecule has 1 fully saturated rings. The van der Waals surface area contributed by atoms with Crippen molar-refractivity contribution in [1.82, 2.24) is 4.31 Å². The SMILES string of the molecule is CC1CCN(S(=O)(=O)Nc2cccc(N)c2)CC1. The number of benzene rings is 1. The van der Waals surface area contributed by atoms with E-state index in [0.29, 0.717) is 30.4 Å². The van der Waals surface area contributed by atoms with Crippen molar-refractivity contribution < 1.29 is 8.42 Å². The number of piperidine rings is 1. The van der Waals surface area contributed by atoms with E-state index in [4.69, 9.17) is 5.73 Å². The number of hydrogen-bond donors (Lipinski definition) is 2. The summed E-state index contributed by atoms with van der Waals surface area (Å²) in [6.45, 7) is 3.31. The van der Waals surface area contributed by atoms with Gasteiger partial charge in [0, 0.05) is 18.8 Å². The minimum absolute atomic E-state index is 0.508. The molecule has 100 valence electrons. The van der Waals surface area contributed by atoms with Crippen LogP contribution in [0, 0.1) is 5.92 Å². The molecule has 0 aliphatic carbocycles. The number of rotatable bonds is 3. The van der Waals surface area contributed by atoms with Gasteiger partial charge in [0.2, 0.25) is 0 Å². The van der Waals surface area contributed by atoms with Gasteiger partial charge in [-0.2, -0.15) is 12.7 Å². The molecular weight excluding hydrogens is 250 g/mol. The zero-order valence-electron chi connectivity index (χ0n) is 10.5. The van der Waals surface area contributed by atoms with E-state index in [1.807, 2.05) is 0 Å². The second-order valence-electron chi connectivity index (χ2n) is 4.81. The van der Waals surface area contributed by atoms with Crippen molar-refractivity contribution in [3.05, 3.63) is 24.3 Å². The number of nitrogens with two attached hydrogens (primary N) is 1. The summed E-state index contributed by atoms with van der Waals surface area (Å²) in [5.41, 5.74) is 6.68. The standard InChI is InChI=1S/C12H19N3O2S/c1-10-5-7-15(8-6-10)18(16,17)14-12-4-2-3-11(13)9-12/h2-4,9-10,14H,5-8,13H2,1H3. The maximum absolute atomic E-state index is 12.1. The topological polar surface area (TPSA) is 75.4 Å². The van der Waals surface area contributed by atoms with Crippen LogP contribution in [-0.4, -0.2) is 25.8 Å². The zero-order chi connectivity index (χ0) is 13.2. The Balaban J connectivity index is 2.08. The second kappa shape index (κ2) is 5.16. The third-order valence-corrected chi connectivity index (χ3v) is 4.75. The van der Waals surface area contributed by atoms with Crippen molar-refractivity contribution in [3.8, 4) is 0 Å². The molecule has 1 aromatic rings. The summed E-state index contributed by atoms with van der Waals surface area (Å²) < 4.78 is 28.4. The fourth-order valence-corrected chi connectivity index (χ4v) is 3.29. The van der Waals surface area contributed by atoms with Gasteiger partial charge in [-0.1, -0.05) is 13.0 Å². The fourth-order valence-electron chi connectivity index (χ4n) is 2.04. The summed E-state index contributed by atoms with van der Waals surface area (Å²) in [6.07, 6.45) is 1.83. The van der Waals surface area contributed by atoms with Gasteiger partial charge in [0.15, 0.2) is 0 Å². The first-order valence-electron chi connectivity index (χ1n) is 6.11. The van der Waals surface area contributed by atoms with Crippen molar-refractivity contribution in [2.75, 3.05) is 23.5 Å². The van der Waals surface area contributed by atoms with Gasteiger partial charge < -0.3 is 5.73 Å². The Labute approximate surface area is 108 Å². The molecule has 2 rings (SSSR count). The number of nitrogens with zero attached hydrogens (tertiary/aromatic N) is 1. The molecule has 0 amide bonds. The largest absolute Gasteiger partial charge is 0.399 e. The van der Waals surface area contributed by atoms with E-state index >= 15 is 0 Å². The van der Waals surface area contributed by atoms with Crippen molar-refractivity contribution in [1.29, 1.82) is 0 Å². The molecule has 1 aliphatic heterocycles. The molecule has 0 spiro atoms. The minimum Gasteiger partial charge on any atom is -0.399 e. The first-order valence-corrected chi connectivity index (χ1v) is 7.55. The predicted octanol–water partition coefficient (Wildman–Crippen LogP) is 1.66. The number of nitrogens with one attached hydrogen (secondary N) is 1. The van der Waals surface area contributed by atoms with E-state index in [9.17, 15) is 8.42 Å². The quantitative estimate of drug-likeness (QED) is 0.819. The molecule has 1 aromatic carbocycles. The molecule has 1 saturated heterocycles. The zero-order valence-corrected chi connectivity index (χ0v) is 11.3. The lowest BCUT2D eigenvalue weighted by Gasteiger charge is -2.29. The minimum atomic E-state index is -3.45. The molecular formula is C12H19N3O2S. The van der Waals surface area contributed by atoms with E-state index < -0.39 is 10.2 Å². The van der Waals surface area contributed by atoms with E-state index in [1.165, 1.54) is 4.31 Å². The second-order valence-corrected chi connectivity index (χ2v) is 6.48. The van der Waals surface area contributed by atoms with Gasteiger partial charge in [-0.25, -0.2) is 0 Å². The van der Waals surface area contributed by atoms with Crippen LogP contribution in [0.15, 0.2) is 24.3 Å². The van der Waals surface area contributed by atoms with Crippen LogP contribution in [0.2, 0.25) is 0 Å². The highest BCUT2D eigenvalue weighted by molar-refractivity contribution is 7.90. The Hall–Kier alpha value is -1.27. The number of nitrogen functional groups attached to an aromatic ring is 1. The fraction of sp³-hybridized carbons (Fsp3) is 0.500. The highest BCUT2D eigenvalue weighted by Crippen LogP contribution is 2.21. The number of anilines is 2. The predicted molar refractivity (Wildman–Crippen MR) is 73.4 cm³/mol. The van der Waals surface area contributed by atoms with Gasteiger partial charge in [0.05, 0.1) is 5.69 Å². The molecule has 0 aromatic heterocycles. The first kappa shape index (κ1) is 13.2. The van der Waals surface area contributed by atoms with E-state index in [2.05, 4.69) is 11.6 Å². The molecule has 5 nitrogen and oxygen atoms in total. The Morgan fingerprint density at radius 3 is 2.61 bits per heavy atom. The van der Waals surface area contributed by atoms with Gasteiger partial charge in [0.1, 0.15) is 0 Å². The number of hydrogen-bond acceptors (Lipinski definition) is 3. The van der Waals surface area contributed by atoms with Crippen molar-refractivity contribution >= 4 is 21.6 Å². The monoisotopic (exact) mass is 269 g/mol. The maximum Gasteiger partial charge on any atom is 0.301 e. The highest BCUT2D eigenvalue weighted by atomic mass is 32.2. The molecule has 0 saturated carbocycles. The Bertz CT molecular complexity index is 508. The molecule has 0 unspecified atom stereocenters. The van der Waals surface area contributed by atoms with Crippen LogP contribution in [0.4, 0.5) is 11.4 Å². The lowest BCUT2D eigenvalue weighted by atomic mass is 10.0. The molecule has 18 heavy (non-hydrogen) atoms. The highest BCUT2D eigenvalue weighted by Gasteiger charge is 2.26. The summed E-state index contributed by atoms with van der Waals surface area (Å²) in [6, 6.07) is 6.76. The normalized spacial score (nSPS) is 18.7. The van der Waals surface area contributed by atoms with Crippen LogP contribution in [0.1, 0.15) is 19.8 Å². The van der Waals surface area contributed by atoms with Crippen LogP contribution in [0.3, 0.4) is 0 Å². The summed E-state index contributed by atoms with van der Waals surface area (Å²) in [5.74, 6) is 0.601. The third-order valence-electron chi connectivity index (χ3n) is 3.22. The van der Waals surface area contributed by atoms with Crippen LogP contribution in [0.25, 0.3) is 0 Å². The first-order chi connectivity index (χ1) is 8.47. The van der Waals surface area contributed by atoms with Crippen LogP contribution >= 0.6 is 0 Å². The van der Waals surface area contributed by atoms with Gasteiger partial charge in [0.25, 0.3) is 0 Å².